The SMILES string of the molecule is Cc1cccc(C)c1NC(=O)CNC(=O)c1ccc(OCC2CCCO2)cc1. The molecule has 148 valence electrons. The average Bonchev–Trinajstić information content (AvgIpc) is 3.21. The number of hydrogen-bond acceptors (Lipinski definition) is 4. The van der Waals surface area contributed by atoms with Crippen molar-refractivity contribution in [3.05, 3.63) is 59.2 Å². The van der Waals surface area contributed by atoms with Gasteiger partial charge >= 0.3 is 0 Å². The first kappa shape index (κ1) is 19.9. The van der Waals surface area contributed by atoms with Crippen molar-refractivity contribution >= 4 is 17.5 Å². The Hall–Kier alpha value is -2.86. The Morgan fingerprint density at radius 2 is 1.82 bits per heavy atom. The third kappa shape index (κ3) is 5.33. The molecular formula is C22H26N2O4. The molecule has 1 saturated heterocycles. The van der Waals surface area contributed by atoms with Crippen LogP contribution < -0.4 is 15.4 Å². The van der Waals surface area contributed by atoms with E-state index in [1.807, 2.05) is 32.0 Å². The molecule has 1 aliphatic heterocycles. The number of aryl methyl sites for hydroxylation is 2. The molecule has 28 heavy (non-hydrogen) atoms. The monoisotopic (exact) mass is 382 g/mol. The highest BCUT2D eigenvalue weighted by Crippen LogP contribution is 2.19. The fourth-order valence-electron chi connectivity index (χ4n) is 3.13. The van der Waals surface area contributed by atoms with Gasteiger partial charge in [-0.05, 0) is 62.1 Å². The highest BCUT2D eigenvalue weighted by atomic mass is 16.5. The first-order valence-corrected chi connectivity index (χ1v) is 9.51. The molecule has 6 nitrogen and oxygen atoms in total. The number of rotatable bonds is 7. The van der Waals surface area contributed by atoms with Gasteiger partial charge in [0.15, 0.2) is 0 Å². The molecule has 0 bridgehead atoms. The van der Waals surface area contributed by atoms with Gasteiger partial charge in [-0.1, -0.05) is 18.2 Å². The van der Waals surface area contributed by atoms with Crippen LogP contribution in [0, 0.1) is 13.8 Å². The normalized spacial score (nSPS) is 15.9. The molecule has 2 N–H and O–H groups in total. The van der Waals surface area contributed by atoms with Gasteiger partial charge in [-0.25, -0.2) is 0 Å². The Labute approximate surface area is 165 Å². The van der Waals surface area contributed by atoms with Gasteiger partial charge in [-0.3, -0.25) is 9.59 Å². The second-order valence-corrected chi connectivity index (χ2v) is 6.97. The molecular weight excluding hydrogens is 356 g/mol. The van der Waals surface area contributed by atoms with Gasteiger partial charge in [0.05, 0.1) is 12.6 Å². The first-order valence-electron chi connectivity index (χ1n) is 9.51. The largest absolute Gasteiger partial charge is 0.491 e. The standard InChI is InChI=1S/C22H26N2O4/c1-15-5-3-6-16(2)21(15)24-20(25)13-23-22(26)17-8-10-18(11-9-17)28-14-19-7-4-12-27-19/h3,5-6,8-11,19H,4,7,12-14H2,1-2H3,(H,23,26)(H,24,25). The maximum absolute atomic E-state index is 12.3. The number of carbonyl (C=O) groups is 2. The molecule has 0 aromatic heterocycles. The number of para-hydroxylation sites is 1. The summed E-state index contributed by atoms with van der Waals surface area (Å²) in [6.45, 7) is 5.09. The zero-order valence-electron chi connectivity index (χ0n) is 16.3. The summed E-state index contributed by atoms with van der Waals surface area (Å²) in [6.07, 6.45) is 2.24. The topological polar surface area (TPSA) is 76.7 Å². The van der Waals surface area contributed by atoms with Crippen LogP contribution in [0.3, 0.4) is 0 Å². The number of benzene rings is 2. The molecule has 1 atom stereocenters. The quantitative estimate of drug-likeness (QED) is 0.771. The second-order valence-electron chi connectivity index (χ2n) is 6.97. The lowest BCUT2D eigenvalue weighted by atomic mass is 10.1. The minimum absolute atomic E-state index is 0.0934. The number of carbonyl (C=O) groups excluding carboxylic acids is 2. The van der Waals surface area contributed by atoms with Gasteiger partial charge in [-0.2, -0.15) is 0 Å². The van der Waals surface area contributed by atoms with Crippen molar-refractivity contribution in [2.75, 3.05) is 25.1 Å². The summed E-state index contributed by atoms with van der Waals surface area (Å²) in [5.74, 6) is 0.129. The Morgan fingerprint density at radius 3 is 2.46 bits per heavy atom. The van der Waals surface area contributed by atoms with Gasteiger partial charge < -0.3 is 20.1 Å². The minimum atomic E-state index is -0.303. The minimum Gasteiger partial charge on any atom is -0.491 e. The van der Waals surface area contributed by atoms with Crippen LogP contribution in [0.2, 0.25) is 0 Å². The van der Waals surface area contributed by atoms with Crippen LogP contribution in [0.25, 0.3) is 0 Å². The fraction of sp³-hybridized carbons (Fsp3) is 0.364. The van der Waals surface area contributed by atoms with Crippen LogP contribution in [0.5, 0.6) is 5.75 Å². The van der Waals surface area contributed by atoms with Gasteiger partial charge in [0.1, 0.15) is 12.4 Å². The van der Waals surface area contributed by atoms with Gasteiger partial charge in [-0.15, -0.1) is 0 Å². The highest BCUT2D eigenvalue weighted by molar-refractivity contribution is 5.99. The van der Waals surface area contributed by atoms with Crippen LogP contribution in [0.4, 0.5) is 5.69 Å². The van der Waals surface area contributed by atoms with Crippen LogP contribution in [0.15, 0.2) is 42.5 Å². The van der Waals surface area contributed by atoms with Crippen molar-refractivity contribution in [3.63, 3.8) is 0 Å². The van der Waals surface area contributed by atoms with Crippen molar-refractivity contribution in [1.82, 2.24) is 5.32 Å². The summed E-state index contributed by atoms with van der Waals surface area (Å²) in [5.41, 5.74) is 3.23. The third-order valence-electron chi connectivity index (χ3n) is 4.73. The van der Waals surface area contributed by atoms with E-state index in [-0.39, 0.29) is 24.5 Å². The van der Waals surface area contributed by atoms with Gasteiger partial charge in [0.2, 0.25) is 5.91 Å². The Morgan fingerprint density at radius 1 is 1.11 bits per heavy atom. The number of amides is 2. The zero-order chi connectivity index (χ0) is 19.9. The van der Waals surface area contributed by atoms with E-state index >= 15 is 0 Å². The van der Waals surface area contributed by atoms with Crippen molar-refractivity contribution in [2.45, 2.75) is 32.8 Å². The summed E-state index contributed by atoms with van der Waals surface area (Å²) in [6, 6.07) is 12.7. The summed E-state index contributed by atoms with van der Waals surface area (Å²) in [5, 5.41) is 5.49. The lowest BCUT2D eigenvalue weighted by Crippen LogP contribution is -2.33. The number of hydrogen-bond donors (Lipinski definition) is 2. The van der Waals surface area contributed by atoms with Crippen molar-refractivity contribution in [1.29, 1.82) is 0 Å². The van der Waals surface area contributed by atoms with Crippen molar-refractivity contribution in [2.24, 2.45) is 0 Å². The Bertz CT molecular complexity index is 807. The number of anilines is 1. The van der Waals surface area contributed by atoms with Crippen LogP contribution >= 0.6 is 0 Å². The molecule has 2 aromatic rings. The molecule has 0 radical (unpaired) electrons. The molecule has 0 aliphatic carbocycles. The first-order chi connectivity index (χ1) is 13.5. The number of nitrogens with one attached hydrogen (secondary N) is 2. The predicted octanol–water partition coefficient (Wildman–Crippen LogP) is 3.23. The molecule has 3 rings (SSSR count). The summed E-state index contributed by atoms with van der Waals surface area (Å²) in [4.78, 5) is 24.4. The predicted molar refractivity (Wildman–Crippen MR) is 108 cm³/mol. The fourth-order valence-corrected chi connectivity index (χ4v) is 3.13. The molecule has 1 unspecified atom stereocenters. The maximum atomic E-state index is 12.3. The highest BCUT2D eigenvalue weighted by Gasteiger charge is 2.16. The maximum Gasteiger partial charge on any atom is 0.251 e. The molecule has 1 fully saturated rings. The van der Waals surface area contributed by atoms with E-state index in [9.17, 15) is 9.59 Å². The summed E-state index contributed by atoms with van der Waals surface area (Å²) in [7, 11) is 0. The molecule has 1 heterocycles. The van der Waals surface area contributed by atoms with E-state index in [1.165, 1.54) is 0 Å². The Kier molecular flexibility index (Phi) is 6.66. The molecule has 0 spiro atoms. The summed E-state index contributed by atoms with van der Waals surface area (Å²) >= 11 is 0. The van der Waals surface area contributed by atoms with Crippen molar-refractivity contribution in [3.8, 4) is 5.75 Å². The van der Waals surface area contributed by atoms with Gasteiger partial charge in [0.25, 0.3) is 5.91 Å². The van der Waals surface area contributed by atoms with Crippen molar-refractivity contribution < 1.29 is 19.1 Å². The van der Waals surface area contributed by atoms with E-state index in [2.05, 4.69) is 10.6 Å². The molecule has 2 amide bonds. The molecule has 6 heteroatoms. The van der Waals surface area contributed by atoms with Crippen LogP contribution in [0.1, 0.15) is 34.3 Å². The summed E-state index contributed by atoms with van der Waals surface area (Å²) < 4.78 is 11.2. The molecule has 0 saturated carbocycles. The second kappa shape index (κ2) is 9.37. The lowest BCUT2D eigenvalue weighted by Gasteiger charge is -2.13. The van der Waals surface area contributed by atoms with E-state index < -0.39 is 0 Å². The smallest absolute Gasteiger partial charge is 0.251 e. The van der Waals surface area contributed by atoms with E-state index in [0.29, 0.717) is 17.9 Å². The Balaban J connectivity index is 1.47. The molecule has 2 aromatic carbocycles. The van der Waals surface area contributed by atoms with Gasteiger partial charge in [0, 0.05) is 17.9 Å². The van der Waals surface area contributed by atoms with E-state index in [0.717, 1.165) is 36.3 Å². The number of ether oxygens (including phenoxy) is 2. The van der Waals surface area contributed by atoms with Crippen LogP contribution in [-0.4, -0.2) is 37.7 Å². The third-order valence-corrected chi connectivity index (χ3v) is 4.73. The average molecular weight is 382 g/mol. The van der Waals surface area contributed by atoms with E-state index in [4.69, 9.17) is 9.47 Å². The lowest BCUT2D eigenvalue weighted by molar-refractivity contribution is -0.115. The zero-order valence-corrected chi connectivity index (χ0v) is 16.3. The molecule has 1 aliphatic rings. The van der Waals surface area contributed by atoms with Crippen LogP contribution in [-0.2, 0) is 9.53 Å². The van der Waals surface area contributed by atoms with E-state index in [1.54, 1.807) is 24.3 Å².